The Balaban J connectivity index is 1.57. The summed E-state index contributed by atoms with van der Waals surface area (Å²) in [5.74, 6) is 1.46. The quantitative estimate of drug-likeness (QED) is 0.818. The van der Waals surface area contributed by atoms with Gasteiger partial charge in [0.15, 0.2) is 5.82 Å². The third-order valence-electron chi connectivity index (χ3n) is 4.91. The van der Waals surface area contributed by atoms with Crippen LogP contribution in [0.25, 0.3) is 5.82 Å². The summed E-state index contributed by atoms with van der Waals surface area (Å²) in [6, 6.07) is 3.79. The lowest BCUT2D eigenvalue weighted by Gasteiger charge is -2.26. The number of aryl methyl sites for hydroxylation is 2. The fourth-order valence-electron chi connectivity index (χ4n) is 3.59. The van der Waals surface area contributed by atoms with E-state index in [0.29, 0.717) is 12.1 Å². The van der Waals surface area contributed by atoms with Crippen LogP contribution in [0, 0.1) is 20.8 Å². The minimum Gasteiger partial charge on any atom is -0.360 e. The second kappa shape index (κ2) is 7.87. The number of rotatable bonds is 6. The van der Waals surface area contributed by atoms with E-state index in [-0.39, 0.29) is 5.91 Å². The van der Waals surface area contributed by atoms with Crippen LogP contribution in [0.4, 0.5) is 0 Å². The molecule has 0 unspecified atom stereocenters. The van der Waals surface area contributed by atoms with Gasteiger partial charge >= 0.3 is 0 Å². The van der Waals surface area contributed by atoms with Crippen molar-refractivity contribution in [2.45, 2.75) is 46.5 Å². The van der Waals surface area contributed by atoms with Crippen LogP contribution < -0.4 is 5.32 Å². The molecule has 3 rings (SSSR count). The summed E-state index contributed by atoms with van der Waals surface area (Å²) >= 11 is 0. The van der Waals surface area contributed by atoms with Crippen molar-refractivity contribution in [3.05, 3.63) is 34.8 Å². The summed E-state index contributed by atoms with van der Waals surface area (Å²) in [6.45, 7) is 9.96. The molecule has 1 fully saturated rings. The Hall–Kier alpha value is -2.08. The molecule has 1 N–H and O–H groups in total. The molecule has 1 aliphatic rings. The summed E-state index contributed by atoms with van der Waals surface area (Å²) in [6.07, 6.45) is 4.96. The number of carbonyl (C=O) groups is 1. The molecule has 2 aromatic heterocycles. The van der Waals surface area contributed by atoms with E-state index in [1.165, 1.54) is 32.4 Å². The van der Waals surface area contributed by atoms with Gasteiger partial charge in [0.2, 0.25) is 0 Å². The van der Waals surface area contributed by atoms with Crippen LogP contribution in [0.15, 0.2) is 16.7 Å². The van der Waals surface area contributed by atoms with Crippen molar-refractivity contribution in [2.24, 2.45) is 0 Å². The predicted molar refractivity (Wildman–Crippen MR) is 97.3 cm³/mol. The summed E-state index contributed by atoms with van der Waals surface area (Å²) in [4.78, 5) is 15.0. The third kappa shape index (κ3) is 4.12. The molecular formula is C19H28N4O2. The van der Waals surface area contributed by atoms with Gasteiger partial charge in [0.1, 0.15) is 5.76 Å². The number of nitrogens with one attached hydrogen (secondary N) is 1. The second-order valence-electron chi connectivity index (χ2n) is 6.93. The van der Waals surface area contributed by atoms with Gasteiger partial charge in [0.25, 0.3) is 5.91 Å². The Morgan fingerprint density at radius 1 is 1.20 bits per heavy atom. The van der Waals surface area contributed by atoms with E-state index in [4.69, 9.17) is 4.52 Å². The molecule has 0 saturated carbocycles. The molecule has 25 heavy (non-hydrogen) atoms. The number of carbonyl (C=O) groups excluding carboxylic acids is 1. The van der Waals surface area contributed by atoms with Gasteiger partial charge in [0.05, 0.1) is 5.56 Å². The zero-order valence-corrected chi connectivity index (χ0v) is 15.5. The van der Waals surface area contributed by atoms with Crippen molar-refractivity contribution >= 4 is 5.91 Å². The van der Waals surface area contributed by atoms with Crippen molar-refractivity contribution in [3.63, 3.8) is 0 Å². The maximum Gasteiger partial charge on any atom is 0.253 e. The van der Waals surface area contributed by atoms with E-state index in [9.17, 15) is 4.79 Å². The molecule has 3 heterocycles. The molecule has 0 atom stereocenters. The summed E-state index contributed by atoms with van der Waals surface area (Å²) < 4.78 is 7.12. The van der Waals surface area contributed by atoms with Gasteiger partial charge in [-0.3, -0.25) is 9.36 Å². The van der Waals surface area contributed by atoms with Crippen molar-refractivity contribution in [1.82, 2.24) is 19.9 Å². The number of aromatic nitrogens is 2. The molecule has 136 valence electrons. The fourth-order valence-corrected chi connectivity index (χ4v) is 3.59. The highest BCUT2D eigenvalue weighted by Crippen LogP contribution is 2.20. The molecule has 0 aromatic carbocycles. The van der Waals surface area contributed by atoms with Crippen molar-refractivity contribution in [1.29, 1.82) is 0 Å². The highest BCUT2D eigenvalue weighted by molar-refractivity contribution is 5.95. The molecule has 1 saturated heterocycles. The molecule has 1 amide bonds. The third-order valence-corrected chi connectivity index (χ3v) is 4.91. The summed E-state index contributed by atoms with van der Waals surface area (Å²) in [5, 5.41) is 7.11. The van der Waals surface area contributed by atoms with Gasteiger partial charge in [0, 0.05) is 24.0 Å². The molecule has 6 nitrogen and oxygen atoms in total. The van der Waals surface area contributed by atoms with Crippen LogP contribution in [0.5, 0.6) is 0 Å². The Kier molecular flexibility index (Phi) is 5.58. The molecule has 6 heteroatoms. The number of piperidine rings is 1. The van der Waals surface area contributed by atoms with Crippen LogP contribution in [-0.2, 0) is 0 Å². The Morgan fingerprint density at radius 2 is 1.96 bits per heavy atom. The molecule has 0 spiro atoms. The first-order chi connectivity index (χ1) is 12.1. The van der Waals surface area contributed by atoms with Crippen molar-refractivity contribution in [2.75, 3.05) is 26.2 Å². The lowest BCUT2D eigenvalue weighted by atomic mass is 10.1. The van der Waals surface area contributed by atoms with Gasteiger partial charge in [-0.2, -0.15) is 0 Å². The first kappa shape index (κ1) is 17.7. The van der Waals surface area contributed by atoms with E-state index in [1.807, 2.05) is 37.5 Å². The fraction of sp³-hybridized carbons (Fsp3) is 0.579. The topological polar surface area (TPSA) is 63.3 Å². The molecular weight excluding hydrogens is 316 g/mol. The lowest BCUT2D eigenvalue weighted by molar-refractivity contribution is 0.0950. The average molecular weight is 344 g/mol. The standard InChI is InChI=1S/C19H28N4O2/c1-14-12-17(16(3)23(14)18-13-15(2)25-21-18)19(24)20-8-7-11-22-9-5-4-6-10-22/h12-13H,4-11H2,1-3H3,(H,20,24). The monoisotopic (exact) mass is 344 g/mol. The van der Waals surface area contributed by atoms with Crippen LogP contribution in [-0.4, -0.2) is 46.7 Å². The smallest absolute Gasteiger partial charge is 0.253 e. The average Bonchev–Trinajstić information content (AvgIpc) is 3.15. The van der Waals surface area contributed by atoms with E-state index < -0.39 is 0 Å². The summed E-state index contributed by atoms with van der Waals surface area (Å²) in [5.41, 5.74) is 2.57. The number of likely N-dealkylation sites (tertiary alicyclic amines) is 1. The maximum absolute atomic E-state index is 12.5. The Bertz CT molecular complexity index is 726. The van der Waals surface area contributed by atoms with Crippen LogP contribution >= 0.6 is 0 Å². The van der Waals surface area contributed by atoms with Crippen LogP contribution in [0.2, 0.25) is 0 Å². The second-order valence-corrected chi connectivity index (χ2v) is 6.93. The molecule has 2 aromatic rings. The Labute approximate surface area is 149 Å². The van der Waals surface area contributed by atoms with Gasteiger partial charge in [-0.1, -0.05) is 11.6 Å². The maximum atomic E-state index is 12.5. The highest BCUT2D eigenvalue weighted by atomic mass is 16.5. The normalized spacial score (nSPS) is 15.5. The van der Waals surface area contributed by atoms with E-state index in [0.717, 1.165) is 35.9 Å². The van der Waals surface area contributed by atoms with E-state index in [2.05, 4.69) is 15.4 Å². The van der Waals surface area contributed by atoms with Gasteiger partial charge in [-0.15, -0.1) is 0 Å². The predicted octanol–water partition coefficient (Wildman–Crippen LogP) is 3.00. The number of hydrogen-bond donors (Lipinski definition) is 1. The minimum atomic E-state index is -0.0155. The van der Waals surface area contributed by atoms with E-state index >= 15 is 0 Å². The number of nitrogens with zero attached hydrogens (tertiary/aromatic N) is 3. The molecule has 0 radical (unpaired) electrons. The van der Waals surface area contributed by atoms with Crippen molar-refractivity contribution in [3.8, 4) is 5.82 Å². The van der Waals surface area contributed by atoms with Crippen LogP contribution in [0.1, 0.15) is 53.2 Å². The van der Waals surface area contributed by atoms with E-state index in [1.54, 1.807) is 0 Å². The van der Waals surface area contributed by atoms with Crippen molar-refractivity contribution < 1.29 is 9.32 Å². The minimum absolute atomic E-state index is 0.0155. The largest absolute Gasteiger partial charge is 0.360 e. The zero-order chi connectivity index (χ0) is 17.8. The lowest BCUT2D eigenvalue weighted by Crippen LogP contribution is -2.33. The van der Waals surface area contributed by atoms with Gasteiger partial charge in [-0.25, -0.2) is 0 Å². The molecule has 0 bridgehead atoms. The Morgan fingerprint density at radius 3 is 2.64 bits per heavy atom. The number of amides is 1. The highest BCUT2D eigenvalue weighted by Gasteiger charge is 2.18. The van der Waals surface area contributed by atoms with Crippen LogP contribution in [0.3, 0.4) is 0 Å². The zero-order valence-electron chi connectivity index (χ0n) is 15.5. The molecule has 0 aliphatic carbocycles. The first-order valence-electron chi connectivity index (χ1n) is 9.19. The summed E-state index contributed by atoms with van der Waals surface area (Å²) in [7, 11) is 0. The SMILES string of the molecule is Cc1cc(-n2c(C)cc(C(=O)NCCCN3CCCCC3)c2C)no1. The van der Waals surface area contributed by atoms with Gasteiger partial charge < -0.3 is 14.7 Å². The number of hydrogen-bond acceptors (Lipinski definition) is 4. The first-order valence-corrected chi connectivity index (χ1v) is 9.19. The molecule has 1 aliphatic heterocycles. The van der Waals surface area contributed by atoms with Gasteiger partial charge in [-0.05, 0) is 65.7 Å².